The van der Waals surface area contributed by atoms with Crippen molar-refractivity contribution >= 4 is 17.5 Å². The van der Waals surface area contributed by atoms with Crippen LogP contribution in [-0.4, -0.2) is 19.1 Å². The Morgan fingerprint density at radius 1 is 1.05 bits per heavy atom. The number of ketones is 1. The number of benzene rings is 2. The molecule has 0 aliphatic carbocycles. The fraction of sp³-hybridized carbons (Fsp3) is 0.235. The molecule has 0 fully saturated rings. The lowest BCUT2D eigenvalue weighted by atomic mass is 10.0. The third-order valence-corrected chi connectivity index (χ3v) is 3.96. The third kappa shape index (κ3) is 3.87. The molecule has 0 radical (unpaired) electrons. The van der Waals surface area contributed by atoms with Gasteiger partial charge in [0.25, 0.3) is 0 Å². The molecule has 0 aromatic heterocycles. The average Bonchev–Trinajstić information content (AvgIpc) is 2.53. The minimum absolute atomic E-state index is 0.188. The summed E-state index contributed by atoms with van der Waals surface area (Å²) >= 11 is 1.68. The van der Waals surface area contributed by atoms with E-state index in [4.69, 9.17) is 4.74 Å². The van der Waals surface area contributed by atoms with E-state index in [-0.39, 0.29) is 5.78 Å². The van der Waals surface area contributed by atoms with Gasteiger partial charge in [0.15, 0.2) is 5.78 Å². The number of methoxy groups -OCH3 is 1. The summed E-state index contributed by atoms with van der Waals surface area (Å²) in [6.45, 7) is 0. The van der Waals surface area contributed by atoms with E-state index in [2.05, 4.69) is 0 Å². The number of aryl methyl sites for hydroxylation is 1. The Morgan fingerprint density at radius 3 is 2.25 bits per heavy atom. The maximum absolute atomic E-state index is 12.1. The lowest BCUT2D eigenvalue weighted by Gasteiger charge is -2.04. The van der Waals surface area contributed by atoms with Crippen LogP contribution in [0.25, 0.3) is 0 Å². The molecule has 0 aliphatic heterocycles. The minimum atomic E-state index is 0.188. The maximum Gasteiger partial charge on any atom is 0.163 e. The predicted molar refractivity (Wildman–Crippen MR) is 83.9 cm³/mol. The van der Waals surface area contributed by atoms with Gasteiger partial charge in [0.05, 0.1) is 7.11 Å². The van der Waals surface area contributed by atoms with Crippen LogP contribution in [0, 0.1) is 0 Å². The van der Waals surface area contributed by atoms with E-state index in [9.17, 15) is 4.79 Å². The molecule has 2 aromatic carbocycles. The highest BCUT2D eigenvalue weighted by Crippen LogP contribution is 2.17. The van der Waals surface area contributed by atoms with Gasteiger partial charge in [0.2, 0.25) is 0 Å². The summed E-state index contributed by atoms with van der Waals surface area (Å²) < 4.78 is 5.12. The molecular weight excluding hydrogens is 268 g/mol. The first-order chi connectivity index (χ1) is 9.72. The molecule has 20 heavy (non-hydrogen) atoms. The van der Waals surface area contributed by atoms with Crippen molar-refractivity contribution in [2.24, 2.45) is 0 Å². The smallest absolute Gasteiger partial charge is 0.163 e. The van der Waals surface area contributed by atoms with Gasteiger partial charge in [-0.05, 0) is 42.5 Å². The molecule has 2 nitrogen and oxygen atoms in total. The molecule has 104 valence electrons. The highest BCUT2D eigenvalue weighted by molar-refractivity contribution is 7.98. The molecular formula is C17H18O2S. The highest BCUT2D eigenvalue weighted by Gasteiger charge is 2.06. The van der Waals surface area contributed by atoms with Crippen LogP contribution in [0.2, 0.25) is 0 Å². The van der Waals surface area contributed by atoms with Crippen LogP contribution in [-0.2, 0) is 6.42 Å². The topological polar surface area (TPSA) is 26.3 Å². The maximum atomic E-state index is 12.1. The molecule has 0 atom stereocenters. The number of ether oxygens (including phenoxy) is 1. The van der Waals surface area contributed by atoms with E-state index in [0.29, 0.717) is 6.42 Å². The first kappa shape index (κ1) is 14.7. The van der Waals surface area contributed by atoms with Gasteiger partial charge >= 0.3 is 0 Å². The molecule has 2 aromatic rings. The molecule has 0 spiro atoms. The van der Waals surface area contributed by atoms with Gasteiger partial charge in [-0.2, -0.15) is 0 Å². The number of Topliss-reactive ketones (excluding diaryl/α,β-unsaturated/α-hetero) is 1. The normalized spacial score (nSPS) is 10.3. The highest BCUT2D eigenvalue weighted by atomic mass is 32.2. The SMILES string of the molecule is COc1ccc(CCC(=O)c2ccc(SC)cc2)cc1. The Balaban J connectivity index is 1.93. The van der Waals surface area contributed by atoms with Gasteiger partial charge in [-0.15, -0.1) is 11.8 Å². The molecule has 0 heterocycles. The lowest BCUT2D eigenvalue weighted by molar-refractivity contribution is 0.0983. The van der Waals surface area contributed by atoms with Crippen molar-refractivity contribution < 1.29 is 9.53 Å². The Labute approximate surface area is 124 Å². The number of rotatable bonds is 6. The van der Waals surface area contributed by atoms with E-state index in [1.54, 1.807) is 18.9 Å². The quantitative estimate of drug-likeness (QED) is 0.587. The van der Waals surface area contributed by atoms with Crippen LogP contribution in [0.1, 0.15) is 22.3 Å². The van der Waals surface area contributed by atoms with Crippen LogP contribution in [0.5, 0.6) is 5.75 Å². The van der Waals surface area contributed by atoms with E-state index >= 15 is 0 Å². The Kier molecular flexibility index (Phi) is 5.24. The van der Waals surface area contributed by atoms with Gasteiger partial charge in [-0.25, -0.2) is 0 Å². The summed E-state index contributed by atoms with van der Waals surface area (Å²) in [5.74, 6) is 1.03. The summed E-state index contributed by atoms with van der Waals surface area (Å²) in [7, 11) is 1.65. The van der Waals surface area contributed by atoms with Gasteiger partial charge in [-0.3, -0.25) is 4.79 Å². The van der Waals surface area contributed by atoms with Crippen molar-refractivity contribution in [1.82, 2.24) is 0 Å². The van der Waals surface area contributed by atoms with Crippen molar-refractivity contribution in [2.75, 3.05) is 13.4 Å². The Bertz CT molecular complexity index is 559. The van der Waals surface area contributed by atoms with Crippen molar-refractivity contribution in [2.45, 2.75) is 17.7 Å². The van der Waals surface area contributed by atoms with E-state index in [1.165, 1.54) is 4.90 Å². The van der Waals surface area contributed by atoms with E-state index in [0.717, 1.165) is 23.3 Å². The summed E-state index contributed by atoms with van der Waals surface area (Å²) in [6.07, 6.45) is 3.32. The second-order valence-corrected chi connectivity index (χ2v) is 5.38. The van der Waals surface area contributed by atoms with Crippen LogP contribution in [0.3, 0.4) is 0 Å². The van der Waals surface area contributed by atoms with Gasteiger partial charge in [0.1, 0.15) is 5.75 Å². The number of carbonyl (C=O) groups is 1. The summed E-state index contributed by atoms with van der Waals surface area (Å²) in [4.78, 5) is 13.3. The van der Waals surface area contributed by atoms with E-state index < -0.39 is 0 Å². The molecule has 2 rings (SSSR count). The summed E-state index contributed by atoms with van der Waals surface area (Å²) in [5.41, 5.74) is 1.94. The first-order valence-electron chi connectivity index (χ1n) is 6.53. The largest absolute Gasteiger partial charge is 0.497 e. The van der Waals surface area contributed by atoms with Gasteiger partial charge < -0.3 is 4.74 Å². The van der Waals surface area contributed by atoms with Crippen molar-refractivity contribution in [3.8, 4) is 5.75 Å². The van der Waals surface area contributed by atoms with Crippen molar-refractivity contribution in [1.29, 1.82) is 0 Å². The lowest BCUT2D eigenvalue weighted by Crippen LogP contribution is -2.01. The van der Waals surface area contributed by atoms with Gasteiger partial charge in [0, 0.05) is 16.9 Å². The van der Waals surface area contributed by atoms with Crippen molar-refractivity contribution in [3.05, 3.63) is 59.7 Å². The Hall–Kier alpha value is -1.74. The molecule has 0 bridgehead atoms. The molecule has 0 saturated carbocycles. The standard InChI is InChI=1S/C17H18O2S/c1-19-15-8-3-13(4-9-15)5-12-17(18)14-6-10-16(20-2)11-7-14/h3-4,6-11H,5,12H2,1-2H3. The number of hydrogen-bond acceptors (Lipinski definition) is 3. The third-order valence-electron chi connectivity index (χ3n) is 3.21. The Morgan fingerprint density at radius 2 is 1.70 bits per heavy atom. The molecule has 0 amide bonds. The monoisotopic (exact) mass is 286 g/mol. The van der Waals surface area contributed by atoms with Crippen LogP contribution < -0.4 is 4.74 Å². The molecule has 0 saturated heterocycles. The van der Waals surface area contributed by atoms with Crippen LogP contribution in [0.4, 0.5) is 0 Å². The summed E-state index contributed by atoms with van der Waals surface area (Å²) in [5, 5.41) is 0. The molecule has 0 N–H and O–H groups in total. The zero-order chi connectivity index (χ0) is 14.4. The molecule has 0 aliphatic rings. The molecule has 3 heteroatoms. The second-order valence-electron chi connectivity index (χ2n) is 4.50. The predicted octanol–water partition coefficient (Wildman–Crippen LogP) is 4.23. The minimum Gasteiger partial charge on any atom is -0.497 e. The van der Waals surface area contributed by atoms with Gasteiger partial charge in [-0.1, -0.05) is 24.3 Å². The van der Waals surface area contributed by atoms with Crippen LogP contribution >= 0.6 is 11.8 Å². The average molecular weight is 286 g/mol. The van der Waals surface area contributed by atoms with Crippen LogP contribution in [0.15, 0.2) is 53.4 Å². The van der Waals surface area contributed by atoms with Crippen molar-refractivity contribution in [3.63, 3.8) is 0 Å². The number of thioether (sulfide) groups is 1. The first-order valence-corrected chi connectivity index (χ1v) is 7.75. The zero-order valence-corrected chi connectivity index (χ0v) is 12.6. The second kappa shape index (κ2) is 7.15. The summed E-state index contributed by atoms with van der Waals surface area (Å²) in [6, 6.07) is 15.6. The zero-order valence-electron chi connectivity index (χ0n) is 11.8. The van der Waals surface area contributed by atoms with E-state index in [1.807, 2.05) is 54.8 Å². The number of carbonyl (C=O) groups excluding carboxylic acids is 1. The fourth-order valence-corrected chi connectivity index (χ4v) is 2.38. The molecule has 0 unspecified atom stereocenters. The fourth-order valence-electron chi connectivity index (χ4n) is 1.97. The number of hydrogen-bond donors (Lipinski definition) is 0.